The van der Waals surface area contributed by atoms with Crippen molar-refractivity contribution in [1.29, 1.82) is 5.26 Å². The van der Waals surface area contributed by atoms with E-state index < -0.39 is 11.9 Å². The van der Waals surface area contributed by atoms with Gasteiger partial charge in [0.05, 0.1) is 11.6 Å². The summed E-state index contributed by atoms with van der Waals surface area (Å²) in [5.74, 6) is -1.03. The molecular weight excluding hydrogens is 183 g/mol. The summed E-state index contributed by atoms with van der Waals surface area (Å²) in [6, 6.07) is 3.15. The van der Waals surface area contributed by atoms with Crippen LogP contribution in [0.3, 0.4) is 0 Å². The van der Waals surface area contributed by atoms with Gasteiger partial charge in [-0.1, -0.05) is 6.08 Å². The summed E-state index contributed by atoms with van der Waals surface area (Å²) in [5, 5.41) is 17.9. The minimum Gasteiger partial charge on any atom is -0.507 e. The average molecular weight is 192 g/mol. The lowest BCUT2D eigenvalue weighted by molar-refractivity contribution is 0.459. The highest BCUT2D eigenvalue weighted by molar-refractivity contribution is 5.44. The van der Waals surface area contributed by atoms with E-state index in [2.05, 4.69) is 6.58 Å². The first-order valence-corrected chi connectivity index (χ1v) is 3.90. The second kappa shape index (κ2) is 3.90. The Hall–Kier alpha value is -1.86. The standard InChI is InChI=1S/C10H9FN2O/c1-2-9(13)7-3-6(5-12)8(11)4-10(7)14/h2-4,9,14H,1,13H2/t9-/m1/s1. The van der Waals surface area contributed by atoms with Crippen LogP contribution in [0.15, 0.2) is 24.8 Å². The summed E-state index contributed by atoms with van der Waals surface area (Å²) in [6.07, 6.45) is 1.40. The predicted molar refractivity (Wildman–Crippen MR) is 49.9 cm³/mol. The molecule has 0 radical (unpaired) electrons. The molecule has 1 aromatic rings. The minimum atomic E-state index is -0.759. The van der Waals surface area contributed by atoms with E-state index in [1.54, 1.807) is 6.07 Å². The van der Waals surface area contributed by atoms with Gasteiger partial charge in [-0.15, -0.1) is 6.58 Å². The smallest absolute Gasteiger partial charge is 0.144 e. The molecule has 0 saturated heterocycles. The topological polar surface area (TPSA) is 70.0 Å². The van der Waals surface area contributed by atoms with E-state index in [4.69, 9.17) is 11.0 Å². The first-order valence-electron chi connectivity index (χ1n) is 3.90. The number of hydrogen-bond donors (Lipinski definition) is 2. The van der Waals surface area contributed by atoms with Gasteiger partial charge in [-0.3, -0.25) is 0 Å². The van der Waals surface area contributed by atoms with Gasteiger partial charge in [-0.25, -0.2) is 4.39 Å². The van der Waals surface area contributed by atoms with Crippen LogP contribution in [0.5, 0.6) is 5.75 Å². The van der Waals surface area contributed by atoms with Crippen LogP contribution in [-0.4, -0.2) is 5.11 Å². The Labute approximate surface area is 80.9 Å². The fraction of sp³-hybridized carbons (Fsp3) is 0.100. The molecule has 3 N–H and O–H groups in total. The third-order valence-electron chi connectivity index (χ3n) is 1.85. The Morgan fingerprint density at radius 1 is 1.64 bits per heavy atom. The Balaban J connectivity index is 3.32. The highest BCUT2D eigenvalue weighted by Gasteiger charge is 2.12. The molecule has 0 aliphatic heterocycles. The van der Waals surface area contributed by atoms with Crippen molar-refractivity contribution in [3.05, 3.63) is 41.7 Å². The van der Waals surface area contributed by atoms with Gasteiger partial charge in [-0.05, 0) is 6.07 Å². The van der Waals surface area contributed by atoms with Gasteiger partial charge in [-0.2, -0.15) is 5.26 Å². The molecule has 14 heavy (non-hydrogen) atoms. The van der Waals surface area contributed by atoms with Gasteiger partial charge in [0.15, 0.2) is 0 Å². The van der Waals surface area contributed by atoms with Crippen molar-refractivity contribution in [2.24, 2.45) is 5.73 Å². The van der Waals surface area contributed by atoms with Crippen LogP contribution < -0.4 is 5.73 Å². The highest BCUT2D eigenvalue weighted by Crippen LogP contribution is 2.26. The largest absolute Gasteiger partial charge is 0.507 e. The lowest BCUT2D eigenvalue weighted by Gasteiger charge is -2.09. The maximum absolute atomic E-state index is 12.9. The monoisotopic (exact) mass is 192 g/mol. The summed E-state index contributed by atoms with van der Waals surface area (Å²) in [4.78, 5) is 0. The third-order valence-corrected chi connectivity index (χ3v) is 1.85. The van der Waals surface area contributed by atoms with Gasteiger partial charge in [0.25, 0.3) is 0 Å². The number of nitrogens with zero attached hydrogens (tertiary/aromatic N) is 1. The molecule has 0 amide bonds. The van der Waals surface area contributed by atoms with Gasteiger partial charge >= 0.3 is 0 Å². The van der Waals surface area contributed by atoms with E-state index in [-0.39, 0.29) is 16.9 Å². The van der Waals surface area contributed by atoms with Crippen LogP contribution in [0, 0.1) is 17.1 Å². The molecule has 0 unspecified atom stereocenters. The molecule has 0 heterocycles. The molecule has 0 saturated carbocycles. The van der Waals surface area contributed by atoms with Crippen LogP contribution in [0.25, 0.3) is 0 Å². The maximum atomic E-state index is 12.9. The summed E-state index contributed by atoms with van der Waals surface area (Å²) in [5.41, 5.74) is 5.71. The molecule has 0 aromatic heterocycles. The van der Waals surface area contributed by atoms with E-state index in [9.17, 15) is 9.50 Å². The number of rotatable bonds is 2. The van der Waals surface area contributed by atoms with E-state index in [1.165, 1.54) is 12.1 Å². The van der Waals surface area contributed by atoms with Crippen molar-refractivity contribution in [3.63, 3.8) is 0 Å². The van der Waals surface area contributed by atoms with E-state index in [0.717, 1.165) is 6.07 Å². The highest BCUT2D eigenvalue weighted by atomic mass is 19.1. The second-order valence-corrected chi connectivity index (χ2v) is 2.76. The van der Waals surface area contributed by atoms with E-state index >= 15 is 0 Å². The Bertz CT molecular complexity index is 409. The molecule has 72 valence electrons. The number of hydrogen-bond acceptors (Lipinski definition) is 3. The number of nitriles is 1. The predicted octanol–water partition coefficient (Wildman–Crippen LogP) is 1.59. The number of phenolic OH excluding ortho intramolecular Hbond substituents is 1. The zero-order valence-electron chi connectivity index (χ0n) is 7.37. The van der Waals surface area contributed by atoms with Crippen molar-refractivity contribution < 1.29 is 9.50 Å². The molecule has 1 rings (SSSR count). The summed E-state index contributed by atoms with van der Waals surface area (Å²) in [7, 11) is 0. The molecule has 4 heteroatoms. The molecule has 1 atom stereocenters. The quantitative estimate of drug-likeness (QED) is 0.699. The van der Waals surface area contributed by atoms with Crippen molar-refractivity contribution in [2.75, 3.05) is 0 Å². The number of aromatic hydroxyl groups is 1. The zero-order chi connectivity index (χ0) is 10.7. The maximum Gasteiger partial charge on any atom is 0.144 e. The summed E-state index contributed by atoms with van der Waals surface area (Å²) >= 11 is 0. The van der Waals surface area contributed by atoms with Crippen molar-refractivity contribution in [2.45, 2.75) is 6.04 Å². The summed E-state index contributed by atoms with van der Waals surface area (Å²) in [6.45, 7) is 3.44. The Morgan fingerprint density at radius 3 is 2.79 bits per heavy atom. The van der Waals surface area contributed by atoms with Crippen molar-refractivity contribution in [3.8, 4) is 11.8 Å². The van der Waals surface area contributed by atoms with Gasteiger partial charge in [0.2, 0.25) is 0 Å². The van der Waals surface area contributed by atoms with Crippen LogP contribution >= 0.6 is 0 Å². The fourth-order valence-electron chi connectivity index (χ4n) is 1.06. The SMILES string of the molecule is C=C[C@@H](N)c1cc(C#N)c(F)cc1O. The van der Waals surface area contributed by atoms with Crippen molar-refractivity contribution in [1.82, 2.24) is 0 Å². The zero-order valence-corrected chi connectivity index (χ0v) is 7.37. The van der Waals surface area contributed by atoms with Crippen LogP contribution in [-0.2, 0) is 0 Å². The second-order valence-electron chi connectivity index (χ2n) is 2.76. The third kappa shape index (κ3) is 1.73. The van der Waals surface area contributed by atoms with Crippen molar-refractivity contribution >= 4 is 0 Å². The van der Waals surface area contributed by atoms with Gasteiger partial charge in [0.1, 0.15) is 17.6 Å². The van der Waals surface area contributed by atoms with Crippen LogP contribution in [0.4, 0.5) is 4.39 Å². The average Bonchev–Trinajstić information content (AvgIpc) is 2.17. The molecule has 0 fully saturated rings. The lowest BCUT2D eigenvalue weighted by atomic mass is 10.0. The fourth-order valence-corrected chi connectivity index (χ4v) is 1.06. The molecule has 1 aromatic carbocycles. The van der Waals surface area contributed by atoms with E-state index in [0.29, 0.717) is 0 Å². The summed E-state index contributed by atoms with van der Waals surface area (Å²) < 4.78 is 12.9. The first kappa shape index (κ1) is 10.2. The number of benzene rings is 1. The number of halogens is 1. The number of phenols is 1. The lowest BCUT2D eigenvalue weighted by Crippen LogP contribution is -2.07. The molecule has 0 aliphatic rings. The Kier molecular flexibility index (Phi) is 2.85. The normalized spacial score (nSPS) is 11.8. The minimum absolute atomic E-state index is 0.143. The van der Waals surface area contributed by atoms with Gasteiger partial charge in [0, 0.05) is 11.6 Å². The molecule has 0 bridgehead atoms. The van der Waals surface area contributed by atoms with E-state index in [1.807, 2.05) is 0 Å². The Morgan fingerprint density at radius 2 is 2.29 bits per heavy atom. The van der Waals surface area contributed by atoms with Crippen LogP contribution in [0.1, 0.15) is 17.2 Å². The van der Waals surface area contributed by atoms with Gasteiger partial charge < -0.3 is 10.8 Å². The first-order chi connectivity index (χ1) is 6.60. The molecule has 0 spiro atoms. The number of nitrogens with two attached hydrogens (primary N) is 1. The molecule has 3 nitrogen and oxygen atoms in total. The molecule has 0 aliphatic carbocycles. The molecular formula is C10H9FN2O. The van der Waals surface area contributed by atoms with Crippen LogP contribution in [0.2, 0.25) is 0 Å².